The summed E-state index contributed by atoms with van der Waals surface area (Å²) in [6.45, 7) is 0.281. The number of alkyl halides is 3. The number of hydrogen-bond donors (Lipinski definition) is 2. The molecular formula is C24H19Cl2F3N2O3. The van der Waals surface area contributed by atoms with Gasteiger partial charge in [0, 0.05) is 28.4 Å². The summed E-state index contributed by atoms with van der Waals surface area (Å²) in [5.41, 5.74) is -0.129. The summed E-state index contributed by atoms with van der Waals surface area (Å²) in [6, 6.07) is 15.2. The zero-order valence-corrected chi connectivity index (χ0v) is 19.1. The number of nitrogens with one attached hydrogen (secondary N) is 2. The first-order chi connectivity index (χ1) is 16.1. The lowest BCUT2D eigenvalue weighted by molar-refractivity contribution is -0.137. The zero-order chi connectivity index (χ0) is 24.7. The van der Waals surface area contributed by atoms with Crippen LogP contribution in [-0.4, -0.2) is 18.4 Å². The van der Waals surface area contributed by atoms with E-state index in [2.05, 4.69) is 10.6 Å². The highest BCUT2D eigenvalue weighted by atomic mass is 35.5. The summed E-state index contributed by atoms with van der Waals surface area (Å²) in [5, 5.41) is 6.01. The minimum absolute atomic E-state index is 0.0271. The second-order valence-corrected chi connectivity index (χ2v) is 8.03. The van der Waals surface area contributed by atoms with Crippen LogP contribution in [0.25, 0.3) is 0 Å². The van der Waals surface area contributed by atoms with Gasteiger partial charge in [-0.25, -0.2) is 0 Å². The Morgan fingerprint density at radius 3 is 2.29 bits per heavy atom. The van der Waals surface area contributed by atoms with Gasteiger partial charge in [0.2, 0.25) is 5.91 Å². The maximum Gasteiger partial charge on any atom is 0.416 e. The number of carbonyl (C=O) groups is 2. The van der Waals surface area contributed by atoms with Gasteiger partial charge in [-0.2, -0.15) is 13.2 Å². The fourth-order valence-electron chi connectivity index (χ4n) is 2.91. The number of rotatable bonds is 8. The average Bonchev–Trinajstić information content (AvgIpc) is 2.78. The third kappa shape index (κ3) is 7.40. The molecule has 0 saturated carbocycles. The molecule has 0 spiro atoms. The Balaban J connectivity index is 1.46. The standard InChI is InChI=1S/C24H19Cl2F3N2O3/c25-17-8-11-21(20(26)14-17)34-12-2-5-22(32)30-18-9-6-15(7-10-18)23(33)31-19-4-1-3-16(13-19)24(27,28)29/h1,3-4,6-11,13-14H,2,5,12H2,(H,30,32)(H,31,33). The molecule has 0 aromatic heterocycles. The van der Waals surface area contributed by atoms with Gasteiger partial charge in [0.15, 0.2) is 0 Å². The Bertz CT molecular complexity index is 1170. The Morgan fingerprint density at radius 1 is 0.882 bits per heavy atom. The third-order valence-electron chi connectivity index (χ3n) is 4.58. The molecule has 2 amide bonds. The normalized spacial score (nSPS) is 11.1. The van der Waals surface area contributed by atoms with Gasteiger partial charge >= 0.3 is 6.18 Å². The van der Waals surface area contributed by atoms with Crippen molar-refractivity contribution in [1.29, 1.82) is 0 Å². The zero-order valence-electron chi connectivity index (χ0n) is 17.6. The predicted molar refractivity (Wildman–Crippen MR) is 126 cm³/mol. The molecule has 178 valence electrons. The third-order valence-corrected chi connectivity index (χ3v) is 5.11. The highest BCUT2D eigenvalue weighted by molar-refractivity contribution is 6.35. The summed E-state index contributed by atoms with van der Waals surface area (Å²) in [7, 11) is 0. The van der Waals surface area contributed by atoms with E-state index in [0.29, 0.717) is 27.9 Å². The molecular weight excluding hydrogens is 492 g/mol. The Morgan fingerprint density at radius 2 is 1.62 bits per heavy atom. The molecule has 0 heterocycles. The molecule has 0 aliphatic rings. The number of amides is 2. The first-order valence-electron chi connectivity index (χ1n) is 10.1. The van der Waals surface area contributed by atoms with Gasteiger partial charge in [-0.05, 0) is 67.1 Å². The summed E-state index contributed by atoms with van der Waals surface area (Å²) in [4.78, 5) is 24.5. The van der Waals surface area contributed by atoms with Crippen LogP contribution in [0.2, 0.25) is 10.0 Å². The van der Waals surface area contributed by atoms with Gasteiger partial charge in [-0.3, -0.25) is 9.59 Å². The van der Waals surface area contributed by atoms with E-state index in [9.17, 15) is 22.8 Å². The summed E-state index contributed by atoms with van der Waals surface area (Å²) in [6.07, 6.45) is -3.86. The van der Waals surface area contributed by atoms with Gasteiger partial charge in [0.25, 0.3) is 5.91 Å². The van der Waals surface area contributed by atoms with E-state index in [1.54, 1.807) is 18.2 Å². The maximum absolute atomic E-state index is 12.8. The lowest BCUT2D eigenvalue weighted by atomic mass is 10.1. The largest absolute Gasteiger partial charge is 0.492 e. The van der Waals surface area contributed by atoms with Crippen LogP contribution >= 0.6 is 23.2 Å². The van der Waals surface area contributed by atoms with Crippen molar-refractivity contribution >= 4 is 46.4 Å². The average molecular weight is 511 g/mol. The molecule has 0 radical (unpaired) electrons. The van der Waals surface area contributed by atoms with Crippen molar-refractivity contribution in [1.82, 2.24) is 0 Å². The van der Waals surface area contributed by atoms with Crippen LogP contribution in [0.3, 0.4) is 0 Å². The minimum Gasteiger partial charge on any atom is -0.492 e. The highest BCUT2D eigenvalue weighted by Crippen LogP contribution is 2.31. The summed E-state index contributed by atoms with van der Waals surface area (Å²) in [5.74, 6) is -0.340. The molecule has 5 nitrogen and oxygen atoms in total. The fraction of sp³-hybridized carbons (Fsp3) is 0.167. The van der Waals surface area contributed by atoms with E-state index >= 15 is 0 Å². The second kappa shape index (κ2) is 11.3. The van der Waals surface area contributed by atoms with Gasteiger partial charge < -0.3 is 15.4 Å². The Labute approximate surface area is 203 Å². The van der Waals surface area contributed by atoms with Crippen LogP contribution in [0.1, 0.15) is 28.8 Å². The molecule has 3 aromatic rings. The number of anilines is 2. The number of halogens is 5. The second-order valence-electron chi connectivity index (χ2n) is 7.18. The predicted octanol–water partition coefficient (Wildman–Crippen LogP) is 7.06. The van der Waals surface area contributed by atoms with Crippen LogP contribution in [0.15, 0.2) is 66.7 Å². The molecule has 0 saturated heterocycles. The highest BCUT2D eigenvalue weighted by Gasteiger charge is 2.30. The van der Waals surface area contributed by atoms with E-state index in [1.807, 2.05) is 0 Å². The van der Waals surface area contributed by atoms with Crippen molar-refractivity contribution in [2.75, 3.05) is 17.2 Å². The van der Waals surface area contributed by atoms with Crippen LogP contribution in [0.5, 0.6) is 5.75 Å². The van der Waals surface area contributed by atoms with Crippen molar-refractivity contribution < 1.29 is 27.5 Å². The van der Waals surface area contributed by atoms with Crippen LogP contribution in [0.4, 0.5) is 24.5 Å². The summed E-state index contributed by atoms with van der Waals surface area (Å²) < 4.78 is 44.0. The molecule has 0 fully saturated rings. The number of hydrogen-bond acceptors (Lipinski definition) is 3. The van der Waals surface area contributed by atoms with E-state index in [0.717, 1.165) is 12.1 Å². The van der Waals surface area contributed by atoms with E-state index in [1.165, 1.54) is 36.4 Å². The molecule has 2 N–H and O–H groups in total. The first-order valence-corrected chi connectivity index (χ1v) is 10.8. The van der Waals surface area contributed by atoms with Gasteiger partial charge in [0.1, 0.15) is 5.75 Å². The van der Waals surface area contributed by atoms with E-state index in [-0.39, 0.29) is 30.2 Å². The Kier molecular flexibility index (Phi) is 8.41. The number of ether oxygens (including phenoxy) is 1. The molecule has 34 heavy (non-hydrogen) atoms. The first kappa shape index (κ1) is 25.4. The molecule has 10 heteroatoms. The van der Waals surface area contributed by atoms with Crippen molar-refractivity contribution in [2.45, 2.75) is 19.0 Å². The fourth-order valence-corrected chi connectivity index (χ4v) is 3.38. The van der Waals surface area contributed by atoms with Crippen molar-refractivity contribution in [3.63, 3.8) is 0 Å². The number of benzene rings is 3. The van der Waals surface area contributed by atoms with E-state index in [4.69, 9.17) is 27.9 Å². The van der Waals surface area contributed by atoms with Gasteiger partial charge in [-0.15, -0.1) is 0 Å². The summed E-state index contributed by atoms with van der Waals surface area (Å²) >= 11 is 11.8. The maximum atomic E-state index is 12.8. The SMILES string of the molecule is O=C(CCCOc1ccc(Cl)cc1Cl)Nc1ccc(C(=O)Nc2cccc(C(F)(F)F)c2)cc1. The van der Waals surface area contributed by atoms with E-state index < -0.39 is 17.6 Å². The van der Waals surface area contributed by atoms with Crippen LogP contribution < -0.4 is 15.4 Å². The minimum atomic E-state index is -4.50. The topological polar surface area (TPSA) is 67.4 Å². The van der Waals surface area contributed by atoms with Gasteiger partial charge in [-0.1, -0.05) is 29.3 Å². The smallest absolute Gasteiger partial charge is 0.416 e. The quantitative estimate of drug-likeness (QED) is 0.318. The molecule has 0 atom stereocenters. The molecule has 0 unspecified atom stereocenters. The molecule has 3 aromatic carbocycles. The van der Waals surface area contributed by atoms with Crippen molar-refractivity contribution in [2.24, 2.45) is 0 Å². The van der Waals surface area contributed by atoms with Gasteiger partial charge in [0.05, 0.1) is 17.2 Å². The van der Waals surface area contributed by atoms with Crippen LogP contribution in [0, 0.1) is 0 Å². The van der Waals surface area contributed by atoms with Crippen molar-refractivity contribution in [3.05, 3.63) is 87.9 Å². The molecule has 0 aliphatic carbocycles. The molecule has 0 aliphatic heterocycles. The molecule has 0 bridgehead atoms. The lowest BCUT2D eigenvalue weighted by Crippen LogP contribution is -2.14. The van der Waals surface area contributed by atoms with Crippen LogP contribution in [-0.2, 0) is 11.0 Å². The Hall–Kier alpha value is -3.23. The molecule has 3 rings (SSSR count). The number of carbonyl (C=O) groups excluding carboxylic acids is 2. The monoisotopic (exact) mass is 510 g/mol. The lowest BCUT2D eigenvalue weighted by Gasteiger charge is -2.11. The van der Waals surface area contributed by atoms with Crippen molar-refractivity contribution in [3.8, 4) is 5.75 Å².